The van der Waals surface area contributed by atoms with Crippen LogP contribution in [-0.4, -0.2) is 26.9 Å². The molecule has 3 rings (SSSR count). The summed E-state index contributed by atoms with van der Waals surface area (Å²) in [4.78, 5) is 8.71. The van der Waals surface area contributed by atoms with E-state index in [0.29, 0.717) is 17.3 Å². The number of ether oxygens (including phenoxy) is 1. The molecule has 7 heteroatoms. The fraction of sp³-hybridized carbons (Fsp3) is 0.263. The zero-order valence-corrected chi connectivity index (χ0v) is 15.2. The molecule has 0 aliphatic rings. The SMILES string of the molecule is COc1cc(-c2cnc(Nc3cnn(C(C)(C)C)c3)nc2)ccc1C#N. The summed E-state index contributed by atoms with van der Waals surface area (Å²) in [6.45, 7) is 6.25. The third-order valence-electron chi connectivity index (χ3n) is 3.83. The molecule has 0 radical (unpaired) electrons. The van der Waals surface area contributed by atoms with E-state index in [0.717, 1.165) is 16.8 Å². The largest absolute Gasteiger partial charge is 0.495 e. The van der Waals surface area contributed by atoms with Gasteiger partial charge in [-0.1, -0.05) is 6.07 Å². The lowest BCUT2D eigenvalue weighted by atomic mass is 10.1. The van der Waals surface area contributed by atoms with Crippen LogP contribution in [0.1, 0.15) is 26.3 Å². The second-order valence-electron chi connectivity index (χ2n) is 6.79. The molecule has 132 valence electrons. The molecule has 26 heavy (non-hydrogen) atoms. The van der Waals surface area contributed by atoms with Crippen LogP contribution in [0.2, 0.25) is 0 Å². The third kappa shape index (κ3) is 3.64. The summed E-state index contributed by atoms with van der Waals surface area (Å²) < 4.78 is 7.13. The van der Waals surface area contributed by atoms with E-state index in [9.17, 15) is 0 Å². The van der Waals surface area contributed by atoms with E-state index in [2.05, 4.69) is 47.2 Å². The number of benzene rings is 1. The zero-order chi connectivity index (χ0) is 18.7. The highest BCUT2D eigenvalue weighted by molar-refractivity contribution is 5.66. The first-order valence-corrected chi connectivity index (χ1v) is 8.13. The molecule has 0 saturated carbocycles. The van der Waals surface area contributed by atoms with Gasteiger partial charge in [0, 0.05) is 24.2 Å². The van der Waals surface area contributed by atoms with Crippen LogP contribution >= 0.6 is 0 Å². The molecular formula is C19H20N6O. The lowest BCUT2D eigenvalue weighted by Gasteiger charge is -2.18. The molecule has 0 aliphatic heterocycles. The Morgan fingerprint density at radius 1 is 1.12 bits per heavy atom. The van der Waals surface area contributed by atoms with Crippen molar-refractivity contribution >= 4 is 11.6 Å². The number of aromatic nitrogens is 4. The Kier molecular flexibility index (Phi) is 4.59. The highest BCUT2D eigenvalue weighted by Crippen LogP contribution is 2.26. The molecule has 0 fully saturated rings. The smallest absolute Gasteiger partial charge is 0.227 e. The van der Waals surface area contributed by atoms with Gasteiger partial charge in [0.15, 0.2) is 0 Å². The van der Waals surface area contributed by atoms with Gasteiger partial charge in [0.2, 0.25) is 5.95 Å². The summed E-state index contributed by atoms with van der Waals surface area (Å²) in [5.41, 5.74) is 2.95. The summed E-state index contributed by atoms with van der Waals surface area (Å²) in [5.74, 6) is 1.02. The molecule has 0 aliphatic carbocycles. The summed E-state index contributed by atoms with van der Waals surface area (Å²) in [7, 11) is 1.54. The van der Waals surface area contributed by atoms with Crippen LogP contribution < -0.4 is 10.1 Å². The van der Waals surface area contributed by atoms with Gasteiger partial charge in [0.05, 0.1) is 30.1 Å². The minimum atomic E-state index is -0.0840. The van der Waals surface area contributed by atoms with Gasteiger partial charge in [-0.05, 0) is 38.5 Å². The number of nitrogens with one attached hydrogen (secondary N) is 1. The van der Waals surface area contributed by atoms with Crippen molar-refractivity contribution in [3.63, 3.8) is 0 Å². The number of nitrogens with zero attached hydrogens (tertiary/aromatic N) is 5. The first-order chi connectivity index (χ1) is 12.4. The summed E-state index contributed by atoms with van der Waals surface area (Å²) in [6.07, 6.45) is 7.12. The molecule has 0 saturated heterocycles. The standard InChI is InChI=1S/C19H20N6O/c1-19(2,3)25-12-16(11-23-25)24-18-21-9-15(10-22-18)13-5-6-14(8-20)17(7-13)26-4/h5-7,9-12H,1-4H3,(H,21,22,24). The van der Waals surface area contributed by atoms with Crippen molar-refractivity contribution in [1.29, 1.82) is 5.26 Å². The molecular weight excluding hydrogens is 328 g/mol. The molecule has 1 N–H and O–H groups in total. The van der Waals surface area contributed by atoms with E-state index in [-0.39, 0.29) is 5.54 Å². The highest BCUT2D eigenvalue weighted by Gasteiger charge is 2.14. The van der Waals surface area contributed by atoms with Crippen LogP contribution in [0.15, 0.2) is 43.0 Å². The number of rotatable bonds is 4. The summed E-state index contributed by atoms with van der Waals surface area (Å²) in [5, 5.41) is 16.6. The van der Waals surface area contributed by atoms with Crippen LogP contribution in [0.25, 0.3) is 11.1 Å². The van der Waals surface area contributed by atoms with Gasteiger partial charge < -0.3 is 10.1 Å². The Morgan fingerprint density at radius 2 is 1.85 bits per heavy atom. The molecule has 7 nitrogen and oxygen atoms in total. The van der Waals surface area contributed by atoms with Crippen molar-refractivity contribution in [3.8, 4) is 22.9 Å². The second-order valence-corrected chi connectivity index (χ2v) is 6.79. The Balaban J connectivity index is 1.79. The van der Waals surface area contributed by atoms with Crippen molar-refractivity contribution in [2.24, 2.45) is 0 Å². The summed E-state index contributed by atoms with van der Waals surface area (Å²) in [6, 6.07) is 7.47. The minimum Gasteiger partial charge on any atom is -0.495 e. The van der Waals surface area contributed by atoms with Gasteiger partial charge in [-0.2, -0.15) is 10.4 Å². The van der Waals surface area contributed by atoms with Crippen LogP contribution in [0.3, 0.4) is 0 Å². The van der Waals surface area contributed by atoms with Crippen LogP contribution in [0, 0.1) is 11.3 Å². The Hall–Kier alpha value is -3.40. The average Bonchev–Trinajstić information content (AvgIpc) is 3.10. The zero-order valence-electron chi connectivity index (χ0n) is 15.2. The summed E-state index contributed by atoms with van der Waals surface area (Å²) >= 11 is 0. The van der Waals surface area contributed by atoms with E-state index in [4.69, 9.17) is 10.00 Å². The number of nitriles is 1. The van der Waals surface area contributed by atoms with Gasteiger partial charge in [-0.25, -0.2) is 9.97 Å². The molecule has 0 spiro atoms. The van der Waals surface area contributed by atoms with E-state index >= 15 is 0 Å². The Morgan fingerprint density at radius 3 is 2.42 bits per heavy atom. The molecule has 0 atom stereocenters. The molecule has 1 aromatic carbocycles. The molecule has 0 amide bonds. The fourth-order valence-electron chi connectivity index (χ4n) is 2.39. The molecule has 2 heterocycles. The topological polar surface area (TPSA) is 88.7 Å². The van der Waals surface area contributed by atoms with Crippen molar-refractivity contribution in [2.45, 2.75) is 26.3 Å². The van der Waals surface area contributed by atoms with Crippen LogP contribution in [0.5, 0.6) is 5.75 Å². The predicted octanol–water partition coefficient (Wildman–Crippen LogP) is 3.72. The van der Waals surface area contributed by atoms with E-state index in [1.165, 1.54) is 0 Å². The van der Waals surface area contributed by atoms with Crippen molar-refractivity contribution in [3.05, 3.63) is 48.5 Å². The van der Waals surface area contributed by atoms with E-state index in [1.54, 1.807) is 37.8 Å². The predicted molar refractivity (Wildman–Crippen MR) is 99.2 cm³/mol. The monoisotopic (exact) mass is 348 g/mol. The fourth-order valence-corrected chi connectivity index (χ4v) is 2.39. The number of hydrogen-bond acceptors (Lipinski definition) is 6. The van der Waals surface area contributed by atoms with Gasteiger partial charge >= 0.3 is 0 Å². The van der Waals surface area contributed by atoms with Crippen LogP contribution in [0.4, 0.5) is 11.6 Å². The first-order valence-electron chi connectivity index (χ1n) is 8.13. The van der Waals surface area contributed by atoms with Crippen molar-refractivity contribution < 1.29 is 4.74 Å². The van der Waals surface area contributed by atoms with E-state index < -0.39 is 0 Å². The molecule has 0 unspecified atom stereocenters. The van der Waals surface area contributed by atoms with Crippen molar-refractivity contribution in [1.82, 2.24) is 19.7 Å². The molecule has 3 aromatic rings. The number of hydrogen-bond donors (Lipinski definition) is 1. The maximum atomic E-state index is 9.07. The van der Waals surface area contributed by atoms with Crippen molar-refractivity contribution in [2.75, 3.05) is 12.4 Å². The minimum absolute atomic E-state index is 0.0840. The first kappa shape index (κ1) is 17.4. The van der Waals surface area contributed by atoms with Gasteiger partial charge in [0.1, 0.15) is 11.8 Å². The Labute approximate surface area is 152 Å². The Bertz CT molecular complexity index is 947. The van der Waals surface area contributed by atoms with Gasteiger partial charge in [-0.3, -0.25) is 4.68 Å². The normalized spacial score (nSPS) is 11.0. The molecule has 0 bridgehead atoms. The van der Waals surface area contributed by atoms with Gasteiger partial charge in [0.25, 0.3) is 0 Å². The molecule has 2 aromatic heterocycles. The number of methoxy groups -OCH3 is 1. The van der Waals surface area contributed by atoms with E-state index in [1.807, 2.05) is 16.9 Å². The van der Waals surface area contributed by atoms with Gasteiger partial charge in [-0.15, -0.1) is 0 Å². The third-order valence-corrected chi connectivity index (χ3v) is 3.83. The highest BCUT2D eigenvalue weighted by atomic mass is 16.5. The quantitative estimate of drug-likeness (QED) is 0.773. The number of anilines is 2. The maximum Gasteiger partial charge on any atom is 0.227 e. The lowest BCUT2D eigenvalue weighted by Crippen LogP contribution is -2.21. The van der Waals surface area contributed by atoms with Crippen LogP contribution in [-0.2, 0) is 5.54 Å². The lowest BCUT2D eigenvalue weighted by molar-refractivity contribution is 0.355. The second kappa shape index (κ2) is 6.84. The average molecular weight is 348 g/mol. The maximum absolute atomic E-state index is 9.07.